The van der Waals surface area contributed by atoms with Gasteiger partial charge in [0.1, 0.15) is 5.82 Å². The zero-order valence-electron chi connectivity index (χ0n) is 11.9. The van der Waals surface area contributed by atoms with Crippen LogP contribution >= 0.6 is 0 Å². The molecular weight excluding hydrogens is 259 g/mol. The van der Waals surface area contributed by atoms with Crippen molar-refractivity contribution in [1.82, 2.24) is 4.90 Å². The lowest BCUT2D eigenvalue weighted by Gasteiger charge is -2.35. The van der Waals surface area contributed by atoms with Gasteiger partial charge in [0, 0.05) is 31.6 Å². The van der Waals surface area contributed by atoms with E-state index < -0.39 is 5.82 Å². The number of Topliss-reactive ketones (excluding diaryl/α,β-unsaturated/α-hetero) is 1. The van der Waals surface area contributed by atoms with Crippen LogP contribution in [0.2, 0.25) is 0 Å². The van der Waals surface area contributed by atoms with Gasteiger partial charge in [0.2, 0.25) is 0 Å². The van der Waals surface area contributed by atoms with Gasteiger partial charge in [-0.25, -0.2) is 4.39 Å². The summed E-state index contributed by atoms with van der Waals surface area (Å²) >= 11 is 0. The second-order valence-corrected chi connectivity index (χ2v) is 5.43. The minimum absolute atomic E-state index is 0.0107. The molecule has 4 nitrogen and oxygen atoms in total. The number of morpholine rings is 1. The van der Waals surface area contributed by atoms with Crippen LogP contribution < -0.4 is 5.73 Å². The zero-order valence-corrected chi connectivity index (χ0v) is 11.9. The van der Waals surface area contributed by atoms with Gasteiger partial charge in [0.15, 0.2) is 5.78 Å². The van der Waals surface area contributed by atoms with E-state index in [1.165, 1.54) is 18.2 Å². The maximum Gasteiger partial charge on any atom is 0.164 e. The van der Waals surface area contributed by atoms with Crippen molar-refractivity contribution in [2.24, 2.45) is 0 Å². The predicted octanol–water partition coefficient (Wildman–Crippen LogP) is 2.09. The van der Waals surface area contributed by atoms with E-state index in [1.807, 2.05) is 13.8 Å². The molecule has 0 aromatic heterocycles. The number of benzene rings is 1. The third kappa shape index (κ3) is 3.77. The summed E-state index contributed by atoms with van der Waals surface area (Å²) < 4.78 is 18.7. The van der Waals surface area contributed by atoms with Gasteiger partial charge in [-0.15, -0.1) is 0 Å². The molecule has 1 aromatic carbocycles. The highest BCUT2D eigenvalue weighted by Gasteiger charge is 2.22. The third-order valence-corrected chi connectivity index (χ3v) is 3.47. The Balaban J connectivity index is 1.90. The molecule has 0 aliphatic carbocycles. The Labute approximate surface area is 118 Å². The molecule has 1 heterocycles. The average molecular weight is 280 g/mol. The van der Waals surface area contributed by atoms with Crippen LogP contribution in [0.4, 0.5) is 10.1 Å². The van der Waals surface area contributed by atoms with Crippen LogP contribution in [-0.4, -0.2) is 42.5 Å². The van der Waals surface area contributed by atoms with Crippen LogP contribution in [0.15, 0.2) is 18.2 Å². The van der Waals surface area contributed by atoms with Crippen molar-refractivity contribution in [2.75, 3.05) is 25.4 Å². The number of ether oxygens (including phenoxy) is 1. The van der Waals surface area contributed by atoms with E-state index in [0.29, 0.717) is 18.5 Å². The summed E-state index contributed by atoms with van der Waals surface area (Å²) in [7, 11) is 0. The van der Waals surface area contributed by atoms with Crippen LogP contribution in [0.5, 0.6) is 0 Å². The van der Waals surface area contributed by atoms with Gasteiger partial charge in [-0.3, -0.25) is 9.69 Å². The van der Waals surface area contributed by atoms with E-state index in [1.54, 1.807) is 0 Å². The third-order valence-electron chi connectivity index (χ3n) is 3.47. The van der Waals surface area contributed by atoms with E-state index in [2.05, 4.69) is 4.90 Å². The molecule has 110 valence electrons. The maximum absolute atomic E-state index is 13.1. The number of ketones is 1. The van der Waals surface area contributed by atoms with Gasteiger partial charge in [-0.05, 0) is 32.0 Å². The highest BCUT2D eigenvalue weighted by Crippen LogP contribution is 2.15. The van der Waals surface area contributed by atoms with Crippen molar-refractivity contribution in [2.45, 2.75) is 32.5 Å². The summed E-state index contributed by atoms with van der Waals surface area (Å²) in [5.41, 5.74) is 5.97. The second-order valence-electron chi connectivity index (χ2n) is 5.43. The standard InChI is InChI=1S/C15H21FN2O2/c1-10-8-18(9-11(2)20-10)6-5-15(19)12-3-4-13(16)14(17)7-12/h3-4,7,10-11H,5-6,8-9,17H2,1-2H3. The Hall–Kier alpha value is -1.46. The SMILES string of the molecule is CC1CN(CCC(=O)c2ccc(F)c(N)c2)CC(C)O1. The number of carbonyl (C=O) groups is 1. The number of nitrogens with zero attached hydrogens (tertiary/aromatic N) is 1. The fourth-order valence-corrected chi connectivity index (χ4v) is 2.59. The van der Waals surface area contributed by atoms with Gasteiger partial charge in [-0.1, -0.05) is 0 Å². The Morgan fingerprint density at radius 1 is 1.40 bits per heavy atom. The Morgan fingerprint density at radius 3 is 2.65 bits per heavy atom. The highest BCUT2D eigenvalue weighted by atomic mass is 19.1. The maximum atomic E-state index is 13.1. The quantitative estimate of drug-likeness (QED) is 0.678. The first-order valence-electron chi connectivity index (χ1n) is 6.91. The largest absolute Gasteiger partial charge is 0.396 e. The van der Waals surface area contributed by atoms with Crippen LogP contribution in [0.1, 0.15) is 30.6 Å². The number of carbonyl (C=O) groups excluding carboxylic acids is 1. The topological polar surface area (TPSA) is 55.6 Å². The zero-order chi connectivity index (χ0) is 14.7. The van der Waals surface area contributed by atoms with Gasteiger partial charge in [-0.2, -0.15) is 0 Å². The molecule has 2 N–H and O–H groups in total. The van der Waals surface area contributed by atoms with E-state index in [0.717, 1.165) is 13.1 Å². The molecule has 0 bridgehead atoms. The monoisotopic (exact) mass is 280 g/mol. The number of hydrogen-bond donors (Lipinski definition) is 1. The molecule has 1 saturated heterocycles. The molecule has 2 atom stereocenters. The second kappa shape index (κ2) is 6.33. The fourth-order valence-electron chi connectivity index (χ4n) is 2.59. The van der Waals surface area contributed by atoms with Gasteiger partial charge in [0.25, 0.3) is 0 Å². The number of rotatable bonds is 4. The molecule has 2 rings (SSSR count). The summed E-state index contributed by atoms with van der Waals surface area (Å²) in [5.74, 6) is -0.499. The summed E-state index contributed by atoms with van der Waals surface area (Å²) in [6, 6.07) is 4.13. The Bertz CT molecular complexity index is 483. The lowest BCUT2D eigenvalue weighted by Crippen LogP contribution is -2.46. The van der Waals surface area contributed by atoms with Crippen LogP contribution in [0.3, 0.4) is 0 Å². The van der Waals surface area contributed by atoms with Crippen molar-refractivity contribution in [3.8, 4) is 0 Å². The summed E-state index contributed by atoms with van der Waals surface area (Å²) in [6.45, 7) is 6.43. The number of nitrogen functional groups attached to an aromatic ring is 1. The molecule has 1 aliphatic rings. The predicted molar refractivity (Wildman–Crippen MR) is 76.2 cm³/mol. The molecule has 0 radical (unpaired) electrons. The smallest absolute Gasteiger partial charge is 0.164 e. The van der Waals surface area contributed by atoms with Gasteiger partial charge in [0.05, 0.1) is 17.9 Å². The molecule has 20 heavy (non-hydrogen) atoms. The fraction of sp³-hybridized carbons (Fsp3) is 0.533. The molecule has 1 aliphatic heterocycles. The molecule has 5 heteroatoms. The molecule has 0 amide bonds. The average Bonchev–Trinajstić information content (AvgIpc) is 2.38. The minimum atomic E-state index is -0.489. The van der Waals surface area contributed by atoms with E-state index >= 15 is 0 Å². The van der Waals surface area contributed by atoms with Crippen molar-refractivity contribution in [1.29, 1.82) is 0 Å². The summed E-state index contributed by atoms with van der Waals surface area (Å²) in [5, 5.41) is 0. The molecule has 0 saturated carbocycles. The van der Waals surface area contributed by atoms with Crippen molar-refractivity contribution >= 4 is 11.5 Å². The lowest BCUT2D eigenvalue weighted by atomic mass is 10.1. The summed E-state index contributed by atoms with van der Waals surface area (Å²) in [4.78, 5) is 14.3. The first kappa shape index (κ1) is 14.9. The first-order chi connectivity index (χ1) is 9.45. The summed E-state index contributed by atoms with van der Waals surface area (Å²) in [6.07, 6.45) is 0.787. The molecule has 2 unspecified atom stereocenters. The normalized spacial score (nSPS) is 23.8. The van der Waals surface area contributed by atoms with Crippen LogP contribution in [-0.2, 0) is 4.74 Å². The van der Waals surface area contributed by atoms with Crippen molar-refractivity contribution < 1.29 is 13.9 Å². The van der Waals surface area contributed by atoms with Gasteiger partial charge >= 0.3 is 0 Å². The highest BCUT2D eigenvalue weighted by molar-refractivity contribution is 5.96. The number of nitrogens with two attached hydrogens (primary N) is 1. The van der Waals surface area contributed by atoms with E-state index in [-0.39, 0.29) is 23.7 Å². The first-order valence-corrected chi connectivity index (χ1v) is 6.91. The number of hydrogen-bond acceptors (Lipinski definition) is 4. The van der Waals surface area contributed by atoms with Crippen LogP contribution in [0.25, 0.3) is 0 Å². The van der Waals surface area contributed by atoms with Gasteiger partial charge < -0.3 is 10.5 Å². The Morgan fingerprint density at radius 2 is 2.05 bits per heavy atom. The van der Waals surface area contributed by atoms with Crippen molar-refractivity contribution in [3.05, 3.63) is 29.6 Å². The van der Waals surface area contributed by atoms with Crippen LogP contribution in [0, 0.1) is 5.82 Å². The molecule has 0 spiro atoms. The minimum Gasteiger partial charge on any atom is -0.396 e. The molecule has 1 aromatic rings. The van der Waals surface area contributed by atoms with Crippen molar-refractivity contribution in [3.63, 3.8) is 0 Å². The molecule has 1 fully saturated rings. The molecular formula is C15H21FN2O2. The lowest BCUT2D eigenvalue weighted by molar-refractivity contribution is -0.0675. The van der Waals surface area contributed by atoms with E-state index in [4.69, 9.17) is 10.5 Å². The Kier molecular flexibility index (Phi) is 4.73. The number of anilines is 1. The number of halogens is 1. The van der Waals surface area contributed by atoms with E-state index in [9.17, 15) is 9.18 Å².